The highest BCUT2D eigenvalue weighted by molar-refractivity contribution is 5.89. The zero-order valence-corrected chi connectivity index (χ0v) is 16.4. The molecule has 5 heteroatoms. The molecule has 3 fully saturated rings. The van der Waals surface area contributed by atoms with Crippen LogP contribution in [0.15, 0.2) is 24.3 Å². The topological polar surface area (TPSA) is 43.9 Å². The summed E-state index contributed by atoms with van der Waals surface area (Å²) in [7, 11) is 0. The molecule has 1 aliphatic carbocycles. The molecule has 0 N–H and O–H groups in total. The van der Waals surface area contributed by atoms with Crippen molar-refractivity contribution in [1.82, 2.24) is 9.80 Å². The van der Waals surface area contributed by atoms with Crippen molar-refractivity contribution in [2.75, 3.05) is 37.6 Å². The molecule has 0 spiro atoms. The molecule has 0 unspecified atom stereocenters. The summed E-state index contributed by atoms with van der Waals surface area (Å²) in [5.74, 6) is 0.246. The summed E-state index contributed by atoms with van der Waals surface area (Å²) in [5.41, 5.74) is 2.56. The van der Waals surface area contributed by atoms with Crippen molar-refractivity contribution in [1.29, 1.82) is 0 Å². The van der Waals surface area contributed by atoms with Crippen LogP contribution in [0.2, 0.25) is 0 Å². The fraction of sp³-hybridized carbons (Fsp3) is 0.636. The molecule has 1 atom stereocenters. The maximum atomic E-state index is 13.1. The van der Waals surface area contributed by atoms with Gasteiger partial charge in [-0.2, -0.15) is 0 Å². The van der Waals surface area contributed by atoms with Crippen molar-refractivity contribution < 1.29 is 9.59 Å². The molecule has 2 heterocycles. The van der Waals surface area contributed by atoms with Crippen LogP contribution < -0.4 is 4.90 Å². The second kappa shape index (κ2) is 7.91. The summed E-state index contributed by atoms with van der Waals surface area (Å²) in [6.45, 7) is 6.18. The van der Waals surface area contributed by atoms with Gasteiger partial charge in [-0.3, -0.25) is 9.59 Å². The van der Waals surface area contributed by atoms with Crippen molar-refractivity contribution in [2.45, 2.75) is 51.5 Å². The van der Waals surface area contributed by atoms with Crippen LogP contribution >= 0.6 is 0 Å². The summed E-state index contributed by atoms with van der Waals surface area (Å²) >= 11 is 0. The lowest BCUT2D eigenvalue weighted by Gasteiger charge is -2.27. The van der Waals surface area contributed by atoms with Gasteiger partial charge in [-0.05, 0) is 37.8 Å². The Bertz CT molecular complexity index is 699. The molecule has 0 aromatic heterocycles. The van der Waals surface area contributed by atoms with Crippen molar-refractivity contribution in [3.63, 3.8) is 0 Å². The first kappa shape index (κ1) is 18.3. The fourth-order valence-corrected chi connectivity index (χ4v) is 5.02. The third kappa shape index (κ3) is 3.83. The number of para-hydroxylation sites is 1. The van der Waals surface area contributed by atoms with Gasteiger partial charge in [0.15, 0.2) is 0 Å². The van der Waals surface area contributed by atoms with Crippen molar-refractivity contribution >= 4 is 17.5 Å². The molecule has 5 nitrogen and oxygen atoms in total. The molecule has 1 aromatic carbocycles. The van der Waals surface area contributed by atoms with Crippen LogP contribution in [0, 0.1) is 12.8 Å². The highest BCUT2D eigenvalue weighted by atomic mass is 16.2. The summed E-state index contributed by atoms with van der Waals surface area (Å²) in [6, 6.07) is 8.85. The molecular weight excluding hydrogens is 338 g/mol. The van der Waals surface area contributed by atoms with Gasteiger partial charge in [-0.1, -0.05) is 31.0 Å². The number of hydrogen-bond donors (Lipinski definition) is 0. The van der Waals surface area contributed by atoms with Crippen LogP contribution in [0.3, 0.4) is 0 Å². The zero-order chi connectivity index (χ0) is 18.8. The maximum Gasteiger partial charge on any atom is 0.228 e. The van der Waals surface area contributed by atoms with Gasteiger partial charge in [-0.15, -0.1) is 0 Å². The Balaban J connectivity index is 1.37. The molecular formula is C22H31N3O2. The lowest BCUT2D eigenvalue weighted by atomic mass is 10.1. The third-order valence-corrected chi connectivity index (χ3v) is 6.54. The summed E-state index contributed by atoms with van der Waals surface area (Å²) < 4.78 is 0. The second-order valence-corrected chi connectivity index (χ2v) is 8.34. The quantitative estimate of drug-likeness (QED) is 0.823. The fourth-order valence-electron chi connectivity index (χ4n) is 5.02. The number of carbonyl (C=O) groups is 2. The Kier molecular flexibility index (Phi) is 5.37. The average molecular weight is 370 g/mol. The lowest BCUT2D eigenvalue weighted by Crippen LogP contribution is -2.41. The van der Waals surface area contributed by atoms with Gasteiger partial charge in [0.05, 0.1) is 5.92 Å². The van der Waals surface area contributed by atoms with Gasteiger partial charge in [0.2, 0.25) is 11.8 Å². The first-order valence-electron chi connectivity index (χ1n) is 10.5. The minimum atomic E-state index is -0.136. The summed E-state index contributed by atoms with van der Waals surface area (Å²) in [6.07, 6.45) is 6.05. The third-order valence-electron chi connectivity index (χ3n) is 6.54. The average Bonchev–Trinajstić information content (AvgIpc) is 3.25. The molecule has 4 rings (SSSR count). The highest BCUT2D eigenvalue weighted by Crippen LogP contribution is 2.30. The van der Waals surface area contributed by atoms with E-state index in [-0.39, 0.29) is 17.7 Å². The van der Waals surface area contributed by atoms with Crippen LogP contribution in [-0.2, 0) is 9.59 Å². The van der Waals surface area contributed by atoms with Crippen molar-refractivity contribution in [3.05, 3.63) is 29.8 Å². The van der Waals surface area contributed by atoms with Crippen LogP contribution in [0.4, 0.5) is 5.69 Å². The minimum Gasteiger partial charge on any atom is -0.369 e. The van der Waals surface area contributed by atoms with E-state index in [0.29, 0.717) is 19.0 Å². The largest absolute Gasteiger partial charge is 0.369 e. The van der Waals surface area contributed by atoms with E-state index in [2.05, 4.69) is 36.1 Å². The number of hydrogen-bond acceptors (Lipinski definition) is 3. The minimum absolute atomic E-state index is 0.136. The molecule has 3 aliphatic rings. The molecule has 2 aliphatic heterocycles. The second-order valence-electron chi connectivity index (χ2n) is 8.34. The SMILES string of the molecule is Cc1ccccc1N1CCCN(C(=O)[C@@H]2CC(=O)N(C3CCCC3)C2)CC1. The van der Waals surface area contributed by atoms with Crippen molar-refractivity contribution in [3.8, 4) is 0 Å². The van der Waals surface area contributed by atoms with E-state index in [9.17, 15) is 9.59 Å². The molecule has 2 amide bonds. The number of likely N-dealkylation sites (tertiary alicyclic amines) is 1. The van der Waals surface area contributed by atoms with Crippen molar-refractivity contribution in [2.24, 2.45) is 5.92 Å². The van der Waals surface area contributed by atoms with Gasteiger partial charge in [0.25, 0.3) is 0 Å². The Morgan fingerprint density at radius 3 is 2.56 bits per heavy atom. The maximum absolute atomic E-state index is 13.1. The smallest absolute Gasteiger partial charge is 0.228 e. The Morgan fingerprint density at radius 1 is 1.00 bits per heavy atom. The predicted octanol–water partition coefficient (Wildman–Crippen LogP) is 2.82. The monoisotopic (exact) mass is 369 g/mol. The number of nitrogens with zero attached hydrogens (tertiary/aromatic N) is 3. The summed E-state index contributed by atoms with van der Waals surface area (Å²) in [4.78, 5) is 32.0. The van der Waals surface area contributed by atoms with Crippen LogP contribution in [-0.4, -0.2) is 60.4 Å². The van der Waals surface area contributed by atoms with Crippen LogP contribution in [0.25, 0.3) is 0 Å². The van der Waals surface area contributed by atoms with Gasteiger partial charge < -0.3 is 14.7 Å². The summed E-state index contributed by atoms with van der Waals surface area (Å²) in [5, 5.41) is 0. The number of carbonyl (C=O) groups excluding carboxylic acids is 2. The van der Waals surface area contributed by atoms with Crippen LogP contribution in [0.1, 0.15) is 44.1 Å². The Morgan fingerprint density at radius 2 is 1.78 bits per heavy atom. The van der Waals surface area contributed by atoms with E-state index >= 15 is 0 Å². The number of aryl methyl sites for hydroxylation is 1. The van der Waals surface area contributed by atoms with Gasteiger partial charge in [-0.25, -0.2) is 0 Å². The first-order valence-corrected chi connectivity index (χ1v) is 10.5. The molecule has 146 valence electrons. The number of anilines is 1. The van der Waals surface area contributed by atoms with E-state index in [0.717, 1.165) is 45.4 Å². The number of benzene rings is 1. The zero-order valence-electron chi connectivity index (χ0n) is 16.4. The van der Waals surface area contributed by atoms with E-state index in [1.54, 1.807) is 0 Å². The standard InChI is InChI=1S/C22H31N3O2/c1-17-7-2-5-10-20(17)23-11-6-12-24(14-13-23)22(27)18-15-21(26)25(16-18)19-8-3-4-9-19/h2,5,7,10,18-19H,3-4,6,8-9,11-16H2,1H3/t18-/m1/s1. The highest BCUT2D eigenvalue weighted by Gasteiger charge is 2.40. The van der Waals surface area contributed by atoms with E-state index in [4.69, 9.17) is 0 Å². The van der Waals surface area contributed by atoms with Crippen LogP contribution in [0.5, 0.6) is 0 Å². The molecule has 27 heavy (non-hydrogen) atoms. The lowest BCUT2D eigenvalue weighted by molar-refractivity contribution is -0.135. The van der Waals surface area contributed by atoms with E-state index in [1.807, 2.05) is 9.80 Å². The molecule has 1 aromatic rings. The molecule has 1 saturated carbocycles. The van der Waals surface area contributed by atoms with Gasteiger partial charge >= 0.3 is 0 Å². The van der Waals surface area contributed by atoms with E-state index in [1.165, 1.54) is 24.1 Å². The first-order chi connectivity index (χ1) is 13.1. The number of amides is 2. The Hall–Kier alpha value is -2.04. The van der Waals surface area contributed by atoms with E-state index < -0.39 is 0 Å². The molecule has 0 bridgehead atoms. The Labute approximate surface area is 162 Å². The number of rotatable bonds is 3. The van der Waals surface area contributed by atoms with Gasteiger partial charge in [0, 0.05) is 50.9 Å². The normalized spacial score (nSPS) is 24.6. The molecule has 2 saturated heterocycles. The predicted molar refractivity (Wildman–Crippen MR) is 107 cm³/mol. The molecule has 0 radical (unpaired) electrons. The van der Waals surface area contributed by atoms with Gasteiger partial charge in [0.1, 0.15) is 0 Å².